The highest BCUT2D eigenvalue weighted by Gasteiger charge is 2.07. The molecular weight excluding hydrogens is 230 g/mol. The van der Waals surface area contributed by atoms with Crippen molar-refractivity contribution in [3.8, 4) is 0 Å². The molecule has 5 heteroatoms. The van der Waals surface area contributed by atoms with Crippen molar-refractivity contribution in [3.63, 3.8) is 0 Å². The number of benzene rings is 1. The van der Waals surface area contributed by atoms with Crippen molar-refractivity contribution in [1.29, 1.82) is 0 Å². The van der Waals surface area contributed by atoms with Gasteiger partial charge in [0.1, 0.15) is 0 Å². The first kappa shape index (κ1) is 12.6. The van der Waals surface area contributed by atoms with E-state index in [1.54, 1.807) is 19.4 Å². The molecular formula is C13H17N3O2. The van der Waals surface area contributed by atoms with E-state index in [-0.39, 0.29) is 0 Å². The first-order valence-corrected chi connectivity index (χ1v) is 5.76. The first-order chi connectivity index (χ1) is 8.72. The van der Waals surface area contributed by atoms with Crippen LogP contribution in [-0.4, -0.2) is 36.5 Å². The van der Waals surface area contributed by atoms with Crippen LogP contribution in [0.4, 0.5) is 11.4 Å². The van der Waals surface area contributed by atoms with Crippen molar-refractivity contribution in [2.75, 3.05) is 31.3 Å². The highest BCUT2D eigenvalue weighted by Crippen LogP contribution is 2.26. The Hall–Kier alpha value is -1.85. The number of pyridine rings is 1. The Balaban J connectivity index is 2.21. The van der Waals surface area contributed by atoms with Crippen LogP contribution in [0, 0.1) is 0 Å². The Morgan fingerprint density at radius 2 is 2.28 bits per heavy atom. The van der Waals surface area contributed by atoms with Gasteiger partial charge in [-0.3, -0.25) is 4.98 Å². The van der Waals surface area contributed by atoms with E-state index < -0.39 is 6.10 Å². The molecule has 0 saturated carbocycles. The molecule has 4 N–H and O–H groups in total. The summed E-state index contributed by atoms with van der Waals surface area (Å²) in [7, 11) is 1.56. The van der Waals surface area contributed by atoms with E-state index in [1.165, 1.54) is 0 Å². The van der Waals surface area contributed by atoms with Crippen molar-refractivity contribution >= 4 is 22.3 Å². The number of fused-ring (bicyclic) bond motifs is 1. The van der Waals surface area contributed by atoms with Gasteiger partial charge in [0.05, 0.1) is 23.9 Å². The molecule has 0 aliphatic heterocycles. The maximum absolute atomic E-state index is 9.61. The van der Waals surface area contributed by atoms with E-state index in [4.69, 9.17) is 10.5 Å². The number of methoxy groups -OCH3 is 1. The average molecular weight is 247 g/mol. The second kappa shape index (κ2) is 5.66. The average Bonchev–Trinajstić information content (AvgIpc) is 2.39. The number of nitrogens with one attached hydrogen (secondary N) is 1. The van der Waals surface area contributed by atoms with Gasteiger partial charge in [-0.15, -0.1) is 0 Å². The quantitative estimate of drug-likeness (QED) is 0.693. The molecule has 0 bridgehead atoms. The minimum absolute atomic E-state index is 0.304. The molecule has 0 aliphatic rings. The lowest BCUT2D eigenvalue weighted by Gasteiger charge is -2.14. The van der Waals surface area contributed by atoms with Crippen LogP contribution in [0.15, 0.2) is 30.5 Å². The highest BCUT2D eigenvalue weighted by molar-refractivity contribution is 5.98. The number of aliphatic hydroxyl groups excluding tert-OH is 1. The Morgan fingerprint density at radius 1 is 1.44 bits per heavy atom. The number of anilines is 2. The van der Waals surface area contributed by atoms with E-state index >= 15 is 0 Å². The van der Waals surface area contributed by atoms with E-state index in [0.29, 0.717) is 18.8 Å². The fourth-order valence-electron chi connectivity index (χ4n) is 1.83. The predicted octanol–water partition coefficient (Wildman–Crippen LogP) is 1.24. The van der Waals surface area contributed by atoms with E-state index in [0.717, 1.165) is 16.6 Å². The molecule has 2 rings (SSSR count). The van der Waals surface area contributed by atoms with Crippen molar-refractivity contribution in [1.82, 2.24) is 4.98 Å². The number of nitrogens with two attached hydrogens (primary N) is 1. The number of nitrogens with zero attached hydrogens (tertiary/aromatic N) is 1. The molecule has 0 aliphatic carbocycles. The number of nitrogen functional groups attached to an aromatic ring is 1. The molecule has 2 aromatic rings. The van der Waals surface area contributed by atoms with Gasteiger partial charge in [0.25, 0.3) is 0 Å². The minimum Gasteiger partial charge on any atom is -0.397 e. The Morgan fingerprint density at radius 3 is 3.06 bits per heavy atom. The van der Waals surface area contributed by atoms with Gasteiger partial charge in [-0.25, -0.2) is 0 Å². The fraction of sp³-hybridized carbons (Fsp3) is 0.308. The van der Waals surface area contributed by atoms with Gasteiger partial charge in [-0.05, 0) is 24.3 Å². The molecule has 1 atom stereocenters. The number of ether oxygens (including phenoxy) is 1. The molecule has 96 valence electrons. The van der Waals surface area contributed by atoms with Crippen LogP contribution in [0.5, 0.6) is 0 Å². The summed E-state index contributed by atoms with van der Waals surface area (Å²) in [6.45, 7) is 0.722. The summed E-state index contributed by atoms with van der Waals surface area (Å²) in [5.41, 5.74) is 8.19. The van der Waals surface area contributed by atoms with Crippen LogP contribution in [0.1, 0.15) is 0 Å². The summed E-state index contributed by atoms with van der Waals surface area (Å²) >= 11 is 0. The van der Waals surface area contributed by atoms with Crippen LogP contribution >= 0.6 is 0 Å². The molecule has 0 spiro atoms. The number of rotatable bonds is 5. The monoisotopic (exact) mass is 247 g/mol. The standard InChI is InChI=1S/C13H17N3O2/c1-18-8-9(17)7-16-12-5-4-11(14)13-10(12)3-2-6-15-13/h2-6,9,16-17H,7-8,14H2,1H3. The van der Waals surface area contributed by atoms with Crippen LogP contribution in [0.25, 0.3) is 10.9 Å². The highest BCUT2D eigenvalue weighted by atomic mass is 16.5. The smallest absolute Gasteiger partial charge is 0.0951 e. The van der Waals surface area contributed by atoms with Crippen molar-refractivity contribution < 1.29 is 9.84 Å². The zero-order valence-electron chi connectivity index (χ0n) is 10.3. The van der Waals surface area contributed by atoms with Crippen LogP contribution < -0.4 is 11.1 Å². The third kappa shape index (κ3) is 2.69. The number of hydrogen-bond acceptors (Lipinski definition) is 5. The molecule has 1 aromatic carbocycles. The summed E-state index contributed by atoms with van der Waals surface area (Å²) in [6, 6.07) is 7.50. The van der Waals surface area contributed by atoms with E-state index in [1.807, 2.05) is 18.2 Å². The SMILES string of the molecule is COCC(O)CNc1ccc(N)c2ncccc12. The summed E-state index contributed by atoms with van der Waals surface area (Å²) in [5, 5.41) is 13.7. The lowest BCUT2D eigenvalue weighted by atomic mass is 10.1. The second-order valence-electron chi connectivity index (χ2n) is 4.09. The molecule has 1 heterocycles. The van der Waals surface area contributed by atoms with Crippen molar-refractivity contribution in [2.45, 2.75) is 6.10 Å². The maximum atomic E-state index is 9.61. The van der Waals surface area contributed by atoms with Crippen molar-refractivity contribution in [2.24, 2.45) is 0 Å². The molecule has 0 fully saturated rings. The Labute approximate surface area is 106 Å². The van der Waals surface area contributed by atoms with Gasteiger partial charge in [0.15, 0.2) is 0 Å². The third-order valence-corrected chi connectivity index (χ3v) is 2.69. The predicted molar refractivity (Wildman–Crippen MR) is 72.5 cm³/mol. The topological polar surface area (TPSA) is 80.4 Å². The summed E-state index contributed by atoms with van der Waals surface area (Å²) in [4.78, 5) is 4.25. The molecule has 0 amide bonds. The summed E-state index contributed by atoms with van der Waals surface area (Å²) < 4.78 is 4.88. The van der Waals surface area contributed by atoms with Crippen LogP contribution in [-0.2, 0) is 4.74 Å². The number of aliphatic hydroxyl groups is 1. The maximum Gasteiger partial charge on any atom is 0.0951 e. The van der Waals surface area contributed by atoms with E-state index in [2.05, 4.69) is 10.3 Å². The summed E-state index contributed by atoms with van der Waals surface area (Å²) in [6.07, 6.45) is 1.17. The summed E-state index contributed by atoms with van der Waals surface area (Å²) in [5.74, 6) is 0. The fourth-order valence-corrected chi connectivity index (χ4v) is 1.83. The molecule has 1 unspecified atom stereocenters. The Bertz CT molecular complexity index is 531. The zero-order chi connectivity index (χ0) is 13.0. The minimum atomic E-state index is -0.542. The van der Waals surface area contributed by atoms with Gasteiger partial charge in [0, 0.05) is 30.9 Å². The number of aromatic nitrogens is 1. The van der Waals surface area contributed by atoms with Gasteiger partial charge < -0.3 is 20.9 Å². The molecule has 1 aromatic heterocycles. The van der Waals surface area contributed by atoms with Crippen LogP contribution in [0.3, 0.4) is 0 Å². The first-order valence-electron chi connectivity index (χ1n) is 5.76. The molecule has 0 radical (unpaired) electrons. The Kier molecular flexibility index (Phi) is 3.96. The van der Waals surface area contributed by atoms with Crippen LogP contribution in [0.2, 0.25) is 0 Å². The van der Waals surface area contributed by atoms with Gasteiger partial charge in [-0.1, -0.05) is 0 Å². The van der Waals surface area contributed by atoms with E-state index in [9.17, 15) is 5.11 Å². The lowest BCUT2D eigenvalue weighted by Crippen LogP contribution is -2.24. The second-order valence-corrected chi connectivity index (χ2v) is 4.09. The van der Waals surface area contributed by atoms with Gasteiger partial charge in [0.2, 0.25) is 0 Å². The zero-order valence-corrected chi connectivity index (χ0v) is 10.3. The largest absolute Gasteiger partial charge is 0.397 e. The van der Waals surface area contributed by atoms with Gasteiger partial charge in [-0.2, -0.15) is 0 Å². The molecule has 18 heavy (non-hydrogen) atoms. The van der Waals surface area contributed by atoms with Crippen molar-refractivity contribution in [3.05, 3.63) is 30.5 Å². The molecule has 5 nitrogen and oxygen atoms in total. The number of hydrogen-bond donors (Lipinski definition) is 3. The third-order valence-electron chi connectivity index (χ3n) is 2.69. The van der Waals surface area contributed by atoms with Gasteiger partial charge >= 0.3 is 0 Å². The molecule has 0 saturated heterocycles. The lowest BCUT2D eigenvalue weighted by molar-refractivity contribution is 0.0728. The normalized spacial score (nSPS) is 12.6.